The van der Waals surface area contributed by atoms with Gasteiger partial charge in [-0.25, -0.2) is 22.0 Å². The van der Waals surface area contributed by atoms with Crippen molar-refractivity contribution in [2.45, 2.75) is 103 Å². The number of rotatable bonds is 10. The molecule has 0 unspecified atom stereocenters. The lowest BCUT2D eigenvalue weighted by Crippen LogP contribution is -2.15. The SMILES string of the molecule is CCCC1CCC(CCCCC2CCC(c3cc(F)c(C=Cc4cc(F)c(F)c(F)c4)c(F)c3)CC2)CC1. The lowest BCUT2D eigenvalue weighted by atomic mass is 9.76. The van der Waals surface area contributed by atoms with E-state index in [9.17, 15) is 22.0 Å². The van der Waals surface area contributed by atoms with Crippen LogP contribution in [-0.2, 0) is 0 Å². The minimum Gasteiger partial charge on any atom is -0.206 e. The molecule has 2 aromatic carbocycles. The third kappa shape index (κ3) is 7.70. The van der Waals surface area contributed by atoms with E-state index >= 15 is 0 Å². The van der Waals surface area contributed by atoms with Crippen LogP contribution in [0.25, 0.3) is 12.2 Å². The lowest BCUT2D eigenvalue weighted by molar-refractivity contribution is 0.243. The average molecular weight is 533 g/mol. The summed E-state index contributed by atoms with van der Waals surface area (Å²) in [5, 5.41) is 0. The molecule has 0 bridgehead atoms. The van der Waals surface area contributed by atoms with Gasteiger partial charge in [0.25, 0.3) is 0 Å². The molecule has 2 aliphatic carbocycles. The van der Waals surface area contributed by atoms with Crippen LogP contribution in [0.2, 0.25) is 0 Å². The molecular weight excluding hydrogens is 491 g/mol. The third-order valence-corrected chi connectivity index (χ3v) is 9.01. The Labute approximate surface area is 224 Å². The lowest BCUT2D eigenvalue weighted by Gasteiger charge is -2.30. The van der Waals surface area contributed by atoms with Crippen LogP contribution in [0, 0.1) is 46.8 Å². The Morgan fingerprint density at radius 1 is 0.605 bits per heavy atom. The highest BCUT2D eigenvalue weighted by atomic mass is 19.2. The first-order valence-corrected chi connectivity index (χ1v) is 14.7. The summed E-state index contributed by atoms with van der Waals surface area (Å²) in [5.41, 5.74) is 0.390. The molecule has 0 spiro atoms. The fourth-order valence-electron chi connectivity index (χ4n) is 6.72. The zero-order valence-electron chi connectivity index (χ0n) is 22.6. The van der Waals surface area contributed by atoms with Crippen molar-refractivity contribution in [1.29, 1.82) is 0 Å². The molecule has 2 aromatic rings. The van der Waals surface area contributed by atoms with E-state index in [4.69, 9.17) is 0 Å². The second-order valence-corrected chi connectivity index (χ2v) is 11.7. The molecule has 2 saturated carbocycles. The highest BCUT2D eigenvalue weighted by Crippen LogP contribution is 2.39. The summed E-state index contributed by atoms with van der Waals surface area (Å²) >= 11 is 0. The molecule has 0 nitrogen and oxygen atoms in total. The monoisotopic (exact) mass is 532 g/mol. The predicted octanol–water partition coefficient (Wildman–Crippen LogP) is 11.0. The summed E-state index contributed by atoms with van der Waals surface area (Å²) in [6.45, 7) is 2.29. The van der Waals surface area contributed by atoms with E-state index in [2.05, 4.69) is 6.92 Å². The molecule has 38 heavy (non-hydrogen) atoms. The number of hydrogen-bond acceptors (Lipinski definition) is 0. The Bertz CT molecular complexity index is 1030. The molecule has 4 rings (SSSR count). The molecule has 2 fully saturated rings. The summed E-state index contributed by atoms with van der Waals surface area (Å²) in [6.07, 6.45) is 20.0. The van der Waals surface area contributed by atoms with Crippen LogP contribution >= 0.6 is 0 Å². The summed E-state index contributed by atoms with van der Waals surface area (Å²) in [5.74, 6) is -2.91. The van der Waals surface area contributed by atoms with Crippen molar-refractivity contribution < 1.29 is 22.0 Å². The average Bonchev–Trinajstić information content (AvgIpc) is 2.90. The second kappa shape index (κ2) is 13.8. The van der Waals surface area contributed by atoms with Gasteiger partial charge in [0.05, 0.1) is 0 Å². The van der Waals surface area contributed by atoms with Crippen LogP contribution in [0.3, 0.4) is 0 Å². The highest BCUT2D eigenvalue weighted by Gasteiger charge is 2.25. The Morgan fingerprint density at radius 3 is 1.58 bits per heavy atom. The Balaban J connectivity index is 1.22. The first-order chi connectivity index (χ1) is 18.3. The topological polar surface area (TPSA) is 0 Å². The smallest absolute Gasteiger partial charge is 0.194 e. The fraction of sp³-hybridized carbons (Fsp3) is 0.576. The third-order valence-electron chi connectivity index (χ3n) is 9.01. The molecular formula is C33H41F5. The number of unbranched alkanes of at least 4 members (excludes halogenated alkanes) is 1. The first-order valence-electron chi connectivity index (χ1n) is 14.7. The number of halogens is 5. The summed E-state index contributed by atoms with van der Waals surface area (Å²) in [6, 6.07) is 4.34. The maximum atomic E-state index is 14.8. The van der Waals surface area contributed by atoms with E-state index in [0.717, 1.165) is 55.7 Å². The molecule has 0 aliphatic heterocycles. The zero-order chi connectivity index (χ0) is 27.1. The molecule has 0 N–H and O–H groups in total. The minimum absolute atomic E-state index is 0.0121. The van der Waals surface area contributed by atoms with Gasteiger partial charge in [-0.05, 0) is 90.8 Å². The van der Waals surface area contributed by atoms with Crippen molar-refractivity contribution in [1.82, 2.24) is 0 Å². The predicted molar refractivity (Wildman–Crippen MR) is 145 cm³/mol. The summed E-state index contributed by atoms with van der Waals surface area (Å²) < 4.78 is 69.5. The van der Waals surface area contributed by atoms with Gasteiger partial charge in [-0.15, -0.1) is 0 Å². The quantitative estimate of drug-likeness (QED) is 0.124. The van der Waals surface area contributed by atoms with Gasteiger partial charge in [0, 0.05) is 5.56 Å². The number of hydrogen-bond donors (Lipinski definition) is 0. The Hall–Kier alpha value is -2.17. The van der Waals surface area contributed by atoms with E-state index in [-0.39, 0.29) is 17.0 Å². The van der Waals surface area contributed by atoms with Gasteiger partial charge < -0.3 is 0 Å². The van der Waals surface area contributed by atoms with Crippen molar-refractivity contribution in [3.05, 3.63) is 70.0 Å². The first kappa shape index (κ1) is 28.8. The van der Waals surface area contributed by atoms with E-state index in [1.54, 1.807) is 0 Å². The molecule has 0 atom stereocenters. The van der Waals surface area contributed by atoms with Crippen LogP contribution in [0.5, 0.6) is 0 Å². The van der Waals surface area contributed by atoms with E-state index in [1.807, 2.05) is 0 Å². The standard InChI is InChI=1S/C33H41F5/c1-2-5-22-8-10-23(11-9-22)6-3-4-7-24-12-15-26(16-13-24)27-20-29(34)28(30(35)21-27)17-14-25-18-31(36)33(38)32(37)19-25/h14,17-24,26H,2-13,15-16H2,1H3. The van der Waals surface area contributed by atoms with Crippen LogP contribution < -0.4 is 0 Å². The molecule has 2 aliphatic rings. The van der Waals surface area contributed by atoms with Gasteiger partial charge in [-0.3, -0.25) is 0 Å². The molecule has 208 valence electrons. The Morgan fingerprint density at radius 2 is 1.08 bits per heavy atom. The maximum Gasteiger partial charge on any atom is 0.194 e. The molecule has 0 radical (unpaired) electrons. The number of benzene rings is 2. The molecule has 0 saturated heterocycles. The summed E-state index contributed by atoms with van der Waals surface area (Å²) in [7, 11) is 0. The van der Waals surface area contributed by atoms with Crippen LogP contribution in [0.4, 0.5) is 22.0 Å². The minimum atomic E-state index is -1.57. The van der Waals surface area contributed by atoms with Gasteiger partial charge in [-0.1, -0.05) is 77.2 Å². The van der Waals surface area contributed by atoms with Gasteiger partial charge in [-0.2, -0.15) is 0 Å². The van der Waals surface area contributed by atoms with Crippen LogP contribution in [-0.4, -0.2) is 0 Å². The molecule has 0 amide bonds. The van der Waals surface area contributed by atoms with Crippen molar-refractivity contribution in [3.8, 4) is 0 Å². The maximum absolute atomic E-state index is 14.8. The second-order valence-electron chi connectivity index (χ2n) is 11.7. The van der Waals surface area contributed by atoms with Crippen LogP contribution in [0.15, 0.2) is 24.3 Å². The summed E-state index contributed by atoms with van der Waals surface area (Å²) in [4.78, 5) is 0. The van der Waals surface area contributed by atoms with E-state index in [0.29, 0.717) is 11.5 Å². The zero-order valence-corrected chi connectivity index (χ0v) is 22.6. The van der Waals surface area contributed by atoms with Gasteiger partial charge in [0.1, 0.15) is 11.6 Å². The van der Waals surface area contributed by atoms with E-state index in [1.165, 1.54) is 82.4 Å². The largest absolute Gasteiger partial charge is 0.206 e. The van der Waals surface area contributed by atoms with E-state index < -0.39 is 29.1 Å². The molecule has 0 aromatic heterocycles. The van der Waals surface area contributed by atoms with Gasteiger partial charge >= 0.3 is 0 Å². The van der Waals surface area contributed by atoms with Crippen LogP contribution in [0.1, 0.15) is 119 Å². The molecule has 5 heteroatoms. The van der Waals surface area contributed by atoms with Gasteiger partial charge in [0.15, 0.2) is 17.5 Å². The van der Waals surface area contributed by atoms with Crippen molar-refractivity contribution >= 4 is 12.2 Å². The Kier molecular flexibility index (Phi) is 10.4. The normalized spacial score (nSPS) is 24.3. The molecule has 0 heterocycles. The fourth-order valence-corrected chi connectivity index (χ4v) is 6.72. The van der Waals surface area contributed by atoms with Crippen molar-refractivity contribution in [3.63, 3.8) is 0 Å². The highest BCUT2D eigenvalue weighted by molar-refractivity contribution is 5.70. The van der Waals surface area contributed by atoms with Crippen molar-refractivity contribution in [2.24, 2.45) is 17.8 Å². The van der Waals surface area contributed by atoms with Gasteiger partial charge in [0.2, 0.25) is 0 Å². The van der Waals surface area contributed by atoms with Crippen molar-refractivity contribution in [2.75, 3.05) is 0 Å².